The van der Waals surface area contributed by atoms with Crippen LogP contribution in [0.1, 0.15) is 26.2 Å². The average Bonchev–Trinajstić information content (AvgIpc) is 2.89. The maximum absolute atomic E-state index is 10.9. The molecule has 4 N–H and O–H groups in total. The van der Waals surface area contributed by atoms with Gasteiger partial charge in [-0.2, -0.15) is 0 Å². The maximum atomic E-state index is 10.9. The molecular formula is C11H20N2O6. The summed E-state index contributed by atoms with van der Waals surface area (Å²) in [6, 6.07) is 0. The Morgan fingerprint density at radius 2 is 2.00 bits per heavy atom. The van der Waals surface area contributed by atoms with Crippen LogP contribution in [0.25, 0.3) is 0 Å². The highest BCUT2D eigenvalue weighted by molar-refractivity contribution is 6.27. The number of ether oxygens (including phenoxy) is 1. The SMILES string of the molecule is CCC(C=O)(NC)NC1CCCO1.O=C(O)C(=O)O. The number of carboxylic acid groups (broad SMARTS) is 2. The molecule has 1 rings (SSSR count). The standard InChI is InChI=1S/C9H18N2O2.C2H2O4/c1-3-9(7-12,10-2)11-8-5-4-6-13-8;3-1(4)2(5)6/h7-8,10-11H,3-6H2,1-2H3;(H,3,4)(H,5,6). The Balaban J connectivity index is 0.000000459. The predicted molar refractivity (Wildman–Crippen MR) is 65.5 cm³/mol. The third-order valence-electron chi connectivity index (χ3n) is 2.74. The van der Waals surface area contributed by atoms with Crippen LogP contribution in [0.5, 0.6) is 0 Å². The lowest BCUT2D eigenvalue weighted by molar-refractivity contribution is -0.159. The van der Waals surface area contributed by atoms with Gasteiger partial charge in [0.1, 0.15) is 11.9 Å². The van der Waals surface area contributed by atoms with E-state index in [0.717, 1.165) is 25.7 Å². The number of rotatable bonds is 5. The molecule has 1 aliphatic rings. The van der Waals surface area contributed by atoms with Crippen LogP contribution in [0.4, 0.5) is 0 Å². The van der Waals surface area contributed by atoms with Crippen LogP contribution in [-0.2, 0) is 19.1 Å². The molecule has 0 bridgehead atoms. The zero-order valence-corrected chi connectivity index (χ0v) is 11.0. The molecule has 0 aromatic rings. The fraction of sp³-hybridized carbons (Fsp3) is 0.727. The number of hydrogen-bond donors (Lipinski definition) is 4. The van der Waals surface area contributed by atoms with E-state index in [1.54, 1.807) is 7.05 Å². The summed E-state index contributed by atoms with van der Waals surface area (Å²) < 4.78 is 5.40. The molecule has 0 saturated carbocycles. The third kappa shape index (κ3) is 6.27. The Morgan fingerprint density at radius 3 is 2.26 bits per heavy atom. The molecule has 0 amide bonds. The number of carbonyl (C=O) groups is 3. The minimum atomic E-state index is -1.82. The molecule has 8 heteroatoms. The number of nitrogens with one attached hydrogen (secondary N) is 2. The van der Waals surface area contributed by atoms with Crippen LogP contribution in [-0.4, -0.2) is 54.0 Å². The Kier molecular flexibility index (Phi) is 7.89. The van der Waals surface area contributed by atoms with Gasteiger partial charge < -0.3 is 14.9 Å². The second-order valence-electron chi connectivity index (χ2n) is 3.95. The first-order valence-corrected chi connectivity index (χ1v) is 5.91. The molecule has 0 aliphatic carbocycles. The van der Waals surface area contributed by atoms with Crippen LogP contribution >= 0.6 is 0 Å². The van der Waals surface area contributed by atoms with Gasteiger partial charge in [-0.15, -0.1) is 0 Å². The summed E-state index contributed by atoms with van der Waals surface area (Å²) in [6.45, 7) is 2.76. The van der Waals surface area contributed by atoms with Crippen LogP contribution < -0.4 is 10.6 Å². The topological polar surface area (TPSA) is 125 Å². The summed E-state index contributed by atoms with van der Waals surface area (Å²) in [5.41, 5.74) is -0.616. The normalized spacial score (nSPS) is 20.8. The molecule has 110 valence electrons. The summed E-state index contributed by atoms with van der Waals surface area (Å²) in [4.78, 5) is 29.1. The molecule has 1 saturated heterocycles. The van der Waals surface area contributed by atoms with Crippen molar-refractivity contribution in [1.29, 1.82) is 0 Å². The lowest BCUT2D eigenvalue weighted by Gasteiger charge is -2.30. The number of likely N-dealkylation sites (N-methyl/N-ethyl adjacent to an activating group) is 1. The van der Waals surface area contributed by atoms with E-state index >= 15 is 0 Å². The van der Waals surface area contributed by atoms with E-state index in [4.69, 9.17) is 24.5 Å². The van der Waals surface area contributed by atoms with Gasteiger partial charge in [0, 0.05) is 6.61 Å². The van der Waals surface area contributed by atoms with Gasteiger partial charge in [-0.1, -0.05) is 6.92 Å². The van der Waals surface area contributed by atoms with Crippen molar-refractivity contribution in [3.63, 3.8) is 0 Å². The van der Waals surface area contributed by atoms with E-state index in [1.165, 1.54) is 0 Å². The fourth-order valence-electron chi connectivity index (χ4n) is 1.51. The predicted octanol–water partition coefficient (Wildman–Crippen LogP) is -0.607. The van der Waals surface area contributed by atoms with Crippen LogP contribution in [0.3, 0.4) is 0 Å². The maximum Gasteiger partial charge on any atom is 0.414 e. The van der Waals surface area contributed by atoms with Gasteiger partial charge in [0.05, 0.1) is 0 Å². The van der Waals surface area contributed by atoms with E-state index in [1.807, 2.05) is 6.92 Å². The zero-order valence-electron chi connectivity index (χ0n) is 11.0. The van der Waals surface area contributed by atoms with E-state index in [2.05, 4.69) is 10.6 Å². The van der Waals surface area contributed by atoms with Crippen molar-refractivity contribution in [2.24, 2.45) is 0 Å². The van der Waals surface area contributed by atoms with E-state index in [9.17, 15) is 4.79 Å². The van der Waals surface area contributed by atoms with Crippen molar-refractivity contribution in [3.05, 3.63) is 0 Å². The molecular weight excluding hydrogens is 256 g/mol. The van der Waals surface area contributed by atoms with Crippen molar-refractivity contribution >= 4 is 18.2 Å². The number of carbonyl (C=O) groups excluding carboxylic acids is 1. The van der Waals surface area contributed by atoms with Gasteiger partial charge in [-0.05, 0) is 26.3 Å². The first-order chi connectivity index (χ1) is 8.90. The Hall–Kier alpha value is -1.51. The minimum Gasteiger partial charge on any atom is -0.473 e. The second kappa shape index (κ2) is 8.57. The summed E-state index contributed by atoms with van der Waals surface area (Å²) in [5, 5.41) is 20.9. The van der Waals surface area contributed by atoms with Crippen molar-refractivity contribution < 1.29 is 29.3 Å². The largest absolute Gasteiger partial charge is 0.473 e. The highest BCUT2D eigenvalue weighted by Gasteiger charge is 2.30. The summed E-state index contributed by atoms with van der Waals surface area (Å²) >= 11 is 0. The lowest BCUT2D eigenvalue weighted by Crippen LogP contribution is -2.59. The monoisotopic (exact) mass is 276 g/mol. The number of aldehydes is 1. The molecule has 2 unspecified atom stereocenters. The summed E-state index contributed by atoms with van der Waals surface area (Å²) in [5.74, 6) is -3.65. The lowest BCUT2D eigenvalue weighted by atomic mass is 10.1. The Labute approximate surface area is 111 Å². The van der Waals surface area contributed by atoms with Crippen molar-refractivity contribution in [1.82, 2.24) is 10.6 Å². The van der Waals surface area contributed by atoms with Crippen LogP contribution in [0.15, 0.2) is 0 Å². The molecule has 1 fully saturated rings. The molecule has 0 radical (unpaired) electrons. The zero-order chi connectivity index (χ0) is 14.9. The Bertz CT molecular complexity index is 298. The van der Waals surface area contributed by atoms with E-state index < -0.39 is 17.6 Å². The van der Waals surface area contributed by atoms with Crippen molar-refractivity contribution in [2.75, 3.05) is 13.7 Å². The average molecular weight is 276 g/mol. The molecule has 1 aliphatic heterocycles. The third-order valence-corrected chi connectivity index (χ3v) is 2.74. The summed E-state index contributed by atoms with van der Waals surface area (Å²) in [7, 11) is 1.78. The second-order valence-corrected chi connectivity index (χ2v) is 3.95. The number of carboxylic acids is 2. The van der Waals surface area contributed by atoms with Crippen LogP contribution in [0.2, 0.25) is 0 Å². The molecule has 19 heavy (non-hydrogen) atoms. The molecule has 1 heterocycles. The summed E-state index contributed by atoms with van der Waals surface area (Å²) in [6.07, 6.45) is 3.70. The minimum absolute atomic E-state index is 0.0256. The molecule has 0 aromatic heterocycles. The fourth-order valence-corrected chi connectivity index (χ4v) is 1.51. The number of aliphatic carboxylic acids is 2. The van der Waals surface area contributed by atoms with E-state index in [0.29, 0.717) is 6.42 Å². The first kappa shape index (κ1) is 17.5. The molecule has 8 nitrogen and oxygen atoms in total. The van der Waals surface area contributed by atoms with E-state index in [-0.39, 0.29) is 6.23 Å². The Morgan fingerprint density at radius 1 is 1.42 bits per heavy atom. The van der Waals surface area contributed by atoms with Gasteiger partial charge >= 0.3 is 11.9 Å². The molecule has 0 aromatic carbocycles. The van der Waals surface area contributed by atoms with Crippen LogP contribution in [0, 0.1) is 0 Å². The quantitative estimate of drug-likeness (QED) is 0.298. The molecule has 0 spiro atoms. The van der Waals surface area contributed by atoms with Gasteiger partial charge in [0.2, 0.25) is 0 Å². The number of hydrogen-bond acceptors (Lipinski definition) is 6. The smallest absolute Gasteiger partial charge is 0.414 e. The van der Waals surface area contributed by atoms with Crippen molar-refractivity contribution in [3.8, 4) is 0 Å². The van der Waals surface area contributed by atoms with Gasteiger partial charge in [-0.3, -0.25) is 15.4 Å². The van der Waals surface area contributed by atoms with Crippen molar-refractivity contribution in [2.45, 2.75) is 38.1 Å². The highest BCUT2D eigenvalue weighted by Crippen LogP contribution is 2.13. The molecule has 2 atom stereocenters. The van der Waals surface area contributed by atoms with Gasteiger partial charge in [-0.25, -0.2) is 9.59 Å². The highest BCUT2D eigenvalue weighted by atomic mass is 16.5. The van der Waals surface area contributed by atoms with Gasteiger partial charge in [0.25, 0.3) is 0 Å². The van der Waals surface area contributed by atoms with Gasteiger partial charge in [0.15, 0.2) is 6.29 Å². The first-order valence-electron chi connectivity index (χ1n) is 5.91.